The van der Waals surface area contributed by atoms with Crippen LogP contribution in [0.3, 0.4) is 0 Å². The topological polar surface area (TPSA) is 28.7 Å². The van der Waals surface area contributed by atoms with E-state index in [9.17, 15) is 0 Å². The molecule has 0 spiro atoms. The highest BCUT2D eigenvalue weighted by atomic mass is 14.9. The molecule has 2 heteroatoms. The molecule has 0 aliphatic heterocycles. The van der Waals surface area contributed by atoms with Crippen LogP contribution in [0.4, 0.5) is 0 Å². The van der Waals surface area contributed by atoms with Crippen LogP contribution in [0.5, 0.6) is 0 Å². The fraction of sp³-hybridized carbons (Fsp3) is 0.444. The molecule has 0 aliphatic carbocycles. The molecule has 0 aliphatic rings. The van der Waals surface area contributed by atoms with Crippen LogP contribution < -0.4 is 0 Å². The van der Waals surface area contributed by atoms with E-state index in [1.54, 1.807) is 0 Å². The van der Waals surface area contributed by atoms with Crippen molar-refractivity contribution in [3.05, 3.63) is 23.5 Å². The normalized spacial score (nSPS) is 10.1. The number of aryl methyl sites for hydroxylation is 1. The van der Waals surface area contributed by atoms with Gasteiger partial charge in [-0.25, -0.2) is 0 Å². The predicted molar refractivity (Wildman–Crippen MR) is 44.2 cm³/mol. The first-order chi connectivity index (χ1) is 5.15. The smallest absolute Gasteiger partial charge is 0.120 e. The summed E-state index contributed by atoms with van der Waals surface area (Å²) in [6.07, 6.45) is 2.00. The van der Waals surface area contributed by atoms with E-state index in [4.69, 9.17) is 5.26 Å². The minimum atomic E-state index is 0.503. The minimum absolute atomic E-state index is 0.503. The molecule has 1 aromatic heterocycles. The molecule has 1 aromatic rings. The first kappa shape index (κ1) is 7.87. The summed E-state index contributed by atoms with van der Waals surface area (Å²) in [6, 6.07) is 4.07. The fourth-order valence-corrected chi connectivity index (χ4v) is 1.02. The van der Waals surface area contributed by atoms with E-state index in [-0.39, 0.29) is 0 Å². The SMILES string of the molecule is CC(C)c1cc(C#N)n(C)c1. The summed E-state index contributed by atoms with van der Waals surface area (Å²) < 4.78 is 1.86. The number of nitrogens with zero attached hydrogens (tertiary/aromatic N) is 2. The first-order valence-corrected chi connectivity index (χ1v) is 3.71. The van der Waals surface area contributed by atoms with E-state index in [1.807, 2.05) is 23.9 Å². The van der Waals surface area contributed by atoms with Gasteiger partial charge in [0.05, 0.1) is 0 Å². The van der Waals surface area contributed by atoms with E-state index in [0.29, 0.717) is 5.92 Å². The van der Waals surface area contributed by atoms with Gasteiger partial charge in [0.1, 0.15) is 11.8 Å². The van der Waals surface area contributed by atoms with Crippen molar-refractivity contribution >= 4 is 0 Å². The molecule has 0 N–H and O–H groups in total. The fourth-order valence-electron chi connectivity index (χ4n) is 1.02. The van der Waals surface area contributed by atoms with Crippen LogP contribution in [-0.4, -0.2) is 4.57 Å². The predicted octanol–water partition coefficient (Wildman–Crippen LogP) is 2.02. The Bertz CT molecular complexity index is 289. The second-order valence-electron chi connectivity index (χ2n) is 3.04. The van der Waals surface area contributed by atoms with Gasteiger partial charge in [-0.1, -0.05) is 13.8 Å². The van der Waals surface area contributed by atoms with E-state index >= 15 is 0 Å². The molecule has 0 bridgehead atoms. The summed E-state index contributed by atoms with van der Waals surface area (Å²) >= 11 is 0. The second kappa shape index (κ2) is 2.79. The number of rotatable bonds is 1. The van der Waals surface area contributed by atoms with Crippen LogP contribution in [0.1, 0.15) is 31.0 Å². The highest BCUT2D eigenvalue weighted by Gasteiger charge is 2.04. The van der Waals surface area contributed by atoms with E-state index in [2.05, 4.69) is 19.9 Å². The lowest BCUT2D eigenvalue weighted by atomic mass is 10.1. The summed E-state index contributed by atoms with van der Waals surface area (Å²) in [5.74, 6) is 0.503. The molecule has 11 heavy (non-hydrogen) atoms. The van der Waals surface area contributed by atoms with Crippen molar-refractivity contribution < 1.29 is 0 Å². The summed E-state index contributed by atoms with van der Waals surface area (Å²) in [7, 11) is 1.89. The third-order valence-corrected chi connectivity index (χ3v) is 1.81. The van der Waals surface area contributed by atoms with Gasteiger partial charge in [-0.05, 0) is 17.5 Å². The van der Waals surface area contributed by atoms with E-state index in [1.165, 1.54) is 5.56 Å². The largest absolute Gasteiger partial charge is 0.342 e. The lowest BCUT2D eigenvalue weighted by molar-refractivity contribution is 0.847. The maximum absolute atomic E-state index is 8.64. The Balaban J connectivity index is 3.07. The Morgan fingerprint density at radius 2 is 2.18 bits per heavy atom. The highest BCUT2D eigenvalue weighted by Crippen LogP contribution is 2.16. The Morgan fingerprint density at radius 1 is 1.55 bits per heavy atom. The lowest BCUT2D eigenvalue weighted by Crippen LogP contribution is -1.87. The maximum atomic E-state index is 8.64. The molecule has 1 heterocycles. The number of nitriles is 1. The summed E-state index contributed by atoms with van der Waals surface area (Å²) in [5.41, 5.74) is 1.96. The van der Waals surface area contributed by atoms with E-state index < -0.39 is 0 Å². The molecule has 0 saturated carbocycles. The molecule has 58 valence electrons. The molecule has 1 rings (SSSR count). The molecule has 0 saturated heterocycles. The minimum Gasteiger partial charge on any atom is -0.342 e. The molecule has 0 fully saturated rings. The van der Waals surface area contributed by atoms with Gasteiger partial charge in [-0.2, -0.15) is 5.26 Å². The van der Waals surface area contributed by atoms with Gasteiger partial charge in [-0.3, -0.25) is 0 Å². The van der Waals surface area contributed by atoms with Gasteiger partial charge in [0, 0.05) is 13.2 Å². The van der Waals surface area contributed by atoms with Crippen LogP contribution in [-0.2, 0) is 7.05 Å². The van der Waals surface area contributed by atoms with Gasteiger partial charge in [0.15, 0.2) is 0 Å². The molecule has 2 nitrogen and oxygen atoms in total. The Labute approximate surface area is 67.1 Å². The Hall–Kier alpha value is -1.23. The Morgan fingerprint density at radius 3 is 2.45 bits per heavy atom. The first-order valence-electron chi connectivity index (χ1n) is 3.71. The molecule has 0 unspecified atom stereocenters. The quantitative estimate of drug-likeness (QED) is 0.599. The second-order valence-corrected chi connectivity index (χ2v) is 3.04. The van der Waals surface area contributed by atoms with Crippen molar-refractivity contribution in [1.82, 2.24) is 4.57 Å². The monoisotopic (exact) mass is 148 g/mol. The van der Waals surface area contributed by atoms with Crippen LogP contribution >= 0.6 is 0 Å². The van der Waals surface area contributed by atoms with Crippen LogP contribution in [0.25, 0.3) is 0 Å². The third kappa shape index (κ3) is 1.43. The van der Waals surface area contributed by atoms with Gasteiger partial charge in [-0.15, -0.1) is 0 Å². The lowest BCUT2D eigenvalue weighted by Gasteiger charge is -1.97. The zero-order chi connectivity index (χ0) is 8.43. The van der Waals surface area contributed by atoms with Crippen molar-refractivity contribution in [3.63, 3.8) is 0 Å². The number of aromatic nitrogens is 1. The van der Waals surface area contributed by atoms with E-state index in [0.717, 1.165) is 5.69 Å². The zero-order valence-corrected chi connectivity index (χ0v) is 7.13. The van der Waals surface area contributed by atoms with Gasteiger partial charge < -0.3 is 4.57 Å². The third-order valence-electron chi connectivity index (χ3n) is 1.81. The molecular formula is C9H12N2. The maximum Gasteiger partial charge on any atom is 0.120 e. The molecule has 0 aromatic carbocycles. The molecule has 0 radical (unpaired) electrons. The van der Waals surface area contributed by atoms with Gasteiger partial charge in [0.2, 0.25) is 0 Å². The molecule has 0 amide bonds. The Kier molecular flexibility index (Phi) is 2.00. The average Bonchev–Trinajstić information content (AvgIpc) is 2.31. The average molecular weight is 148 g/mol. The molecular weight excluding hydrogens is 136 g/mol. The van der Waals surface area contributed by atoms with Crippen LogP contribution in [0.2, 0.25) is 0 Å². The van der Waals surface area contributed by atoms with Crippen molar-refractivity contribution in [2.75, 3.05) is 0 Å². The van der Waals surface area contributed by atoms with Gasteiger partial charge >= 0.3 is 0 Å². The number of hydrogen-bond acceptors (Lipinski definition) is 1. The van der Waals surface area contributed by atoms with Crippen molar-refractivity contribution in [2.24, 2.45) is 7.05 Å². The van der Waals surface area contributed by atoms with Gasteiger partial charge in [0.25, 0.3) is 0 Å². The standard InChI is InChI=1S/C9H12N2/c1-7(2)8-4-9(5-10)11(3)6-8/h4,6-7H,1-3H3. The molecule has 0 atom stereocenters. The zero-order valence-electron chi connectivity index (χ0n) is 7.13. The van der Waals surface area contributed by atoms with Crippen molar-refractivity contribution in [3.8, 4) is 6.07 Å². The summed E-state index contributed by atoms with van der Waals surface area (Å²) in [5, 5.41) is 8.64. The number of hydrogen-bond donors (Lipinski definition) is 0. The summed E-state index contributed by atoms with van der Waals surface area (Å²) in [6.45, 7) is 4.24. The van der Waals surface area contributed by atoms with Crippen molar-refractivity contribution in [1.29, 1.82) is 5.26 Å². The highest BCUT2D eigenvalue weighted by molar-refractivity contribution is 5.29. The van der Waals surface area contributed by atoms with Crippen LogP contribution in [0, 0.1) is 11.3 Å². The van der Waals surface area contributed by atoms with Crippen LogP contribution in [0.15, 0.2) is 12.3 Å². The van der Waals surface area contributed by atoms with Crippen molar-refractivity contribution in [2.45, 2.75) is 19.8 Å². The summed E-state index contributed by atoms with van der Waals surface area (Å²) in [4.78, 5) is 0.